The molecule has 0 aliphatic heterocycles. The van der Waals surface area contributed by atoms with Crippen LogP contribution in [0.25, 0.3) is 12.2 Å². The van der Waals surface area contributed by atoms with Gasteiger partial charge in [0.25, 0.3) is 0 Å². The Morgan fingerprint density at radius 1 is 0.909 bits per heavy atom. The summed E-state index contributed by atoms with van der Waals surface area (Å²) in [6.45, 7) is 2.54. The van der Waals surface area contributed by atoms with E-state index < -0.39 is 5.97 Å². The number of allylic oxidation sites excluding steroid dienone is 1. The van der Waals surface area contributed by atoms with Gasteiger partial charge in [-0.3, -0.25) is 0 Å². The number of rotatable bonds is 10. The molecule has 0 unspecified atom stereocenters. The van der Waals surface area contributed by atoms with Crippen molar-refractivity contribution in [2.45, 2.75) is 20.0 Å². The van der Waals surface area contributed by atoms with Crippen molar-refractivity contribution in [2.75, 3.05) is 14.2 Å². The highest BCUT2D eigenvalue weighted by molar-refractivity contribution is 5.86. The fraction of sp³-hybridized carbons (Fsp3) is 0.179. The van der Waals surface area contributed by atoms with Crippen LogP contribution in [0, 0.1) is 6.92 Å². The summed E-state index contributed by atoms with van der Waals surface area (Å²) in [5.41, 5.74) is 4.81. The van der Waals surface area contributed by atoms with E-state index in [0.29, 0.717) is 24.5 Å². The smallest absolute Gasteiger partial charge is 0.328 e. The lowest BCUT2D eigenvalue weighted by molar-refractivity contribution is -0.131. The van der Waals surface area contributed by atoms with Crippen molar-refractivity contribution >= 4 is 18.1 Å². The van der Waals surface area contributed by atoms with Crippen molar-refractivity contribution in [3.8, 4) is 17.2 Å². The third kappa shape index (κ3) is 6.50. The fourth-order valence-corrected chi connectivity index (χ4v) is 3.48. The van der Waals surface area contributed by atoms with Crippen molar-refractivity contribution in [3.63, 3.8) is 0 Å². The van der Waals surface area contributed by atoms with Crippen LogP contribution in [-0.2, 0) is 17.8 Å². The van der Waals surface area contributed by atoms with E-state index in [4.69, 9.17) is 19.3 Å². The highest BCUT2D eigenvalue weighted by Gasteiger charge is 2.10. The molecule has 33 heavy (non-hydrogen) atoms. The molecule has 0 aliphatic carbocycles. The highest BCUT2D eigenvalue weighted by atomic mass is 16.5. The number of hydrogen-bond donors (Lipinski definition) is 1. The SMILES string of the molecule is COc1cc(/C=C/Cc2cccc(C)c2OCc2ccccc2)c(/C=C/C(=O)O)cc1OC. The number of para-hydroxylation sites is 1. The largest absolute Gasteiger partial charge is 0.493 e. The van der Waals surface area contributed by atoms with Crippen LogP contribution >= 0.6 is 0 Å². The van der Waals surface area contributed by atoms with Crippen LogP contribution in [0.4, 0.5) is 0 Å². The van der Waals surface area contributed by atoms with Gasteiger partial charge in [-0.1, -0.05) is 60.7 Å². The monoisotopic (exact) mass is 444 g/mol. The molecule has 0 bridgehead atoms. The van der Waals surface area contributed by atoms with E-state index in [0.717, 1.165) is 39.6 Å². The number of carboxylic acid groups (broad SMARTS) is 1. The lowest BCUT2D eigenvalue weighted by Gasteiger charge is -2.14. The van der Waals surface area contributed by atoms with Gasteiger partial charge in [-0.25, -0.2) is 4.79 Å². The Morgan fingerprint density at radius 3 is 2.21 bits per heavy atom. The fourth-order valence-electron chi connectivity index (χ4n) is 3.48. The molecule has 0 amide bonds. The Kier molecular flexibility index (Phi) is 8.30. The van der Waals surface area contributed by atoms with Crippen molar-refractivity contribution < 1.29 is 24.1 Å². The normalized spacial score (nSPS) is 11.1. The molecule has 170 valence electrons. The first kappa shape index (κ1) is 23.7. The van der Waals surface area contributed by atoms with Crippen LogP contribution in [0.3, 0.4) is 0 Å². The Bertz CT molecular complexity index is 1150. The topological polar surface area (TPSA) is 65.0 Å². The first-order valence-electron chi connectivity index (χ1n) is 10.6. The maximum atomic E-state index is 11.0. The van der Waals surface area contributed by atoms with Gasteiger partial charge in [0.05, 0.1) is 14.2 Å². The number of carbonyl (C=O) groups is 1. The van der Waals surface area contributed by atoms with E-state index in [9.17, 15) is 4.79 Å². The standard InChI is InChI=1S/C28H28O5/c1-20-9-7-12-22(28(20)33-19-21-10-5-4-6-11-21)13-8-14-23-17-25(31-2)26(32-3)18-24(23)15-16-27(29)30/h4-12,14-18H,13,19H2,1-3H3,(H,29,30)/b14-8+,16-15+. The first-order chi connectivity index (χ1) is 16.0. The number of hydrogen-bond acceptors (Lipinski definition) is 4. The predicted molar refractivity (Wildman–Crippen MR) is 131 cm³/mol. The number of aliphatic carboxylic acids is 1. The van der Waals surface area contributed by atoms with Gasteiger partial charge >= 0.3 is 5.97 Å². The molecule has 0 radical (unpaired) electrons. The second-order valence-electron chi connectivity index (χ2n) is 7.45. The third-order valence-electron chi connectivity index (χ3n) is 5.15. The summed E-state index contributed by atoms with van der Waals surface area (Å²) in [7, 11) is 3.12. The van der Waals surface area contributed by atoms with Crippen molar-refractivity contribution in [3.05, 3.63) is 101 Å². The maximum absolute atomic E-state index is 11.0. The molecule has 0 saturated carbocycles. The second kappa shape index (κ2) is 11.6. The average molecular weight is 445 g/mol. The zero-order valence-electron chi connectivity index (χ0n) is 19.1. The number of carboxylic acids is 1. The summed E-state index contributed by atoms with van der Waals surface area (Å²) in [6.07, 6.45) is 7.29. The molecule has 0 fully saturated rings. The molecule has 1 N–H and O–H groups in total. The Labute approximate surface area is 194 Å². The van der Waals surface area contributed by atoms with Gasteiger partial charge in [0, 0.05) is 6.08 Å². The van der Waals surface area contributed by atoms with Crippen molar-refractivity contribution in [1.82, 2.24) is 0 Å². The molecule has 0 heterocycles. The summed E-state index contributed by atoms with van der Waals surface area (Å²) < 4.78 is 16.9. The minimum absolute atomic E-state index is 0.502. The van der Waals surface area contributed by atoms with E-state index in [1.807, 2.05) is 67.6 Å². The summed E-state index contributed by atoms with van der Waals surface area (Å²) in [6, 6.07) is 19.8. The number of ether oxygens (including phenoxy) is 3. The highest BCUT2D eigenvalue weighted by Crippen LogP contribution is 2.32. The Balaban J connectivity index is 1.84. The van der Waals surface area contributed by atoms with Gasteiger partial charge < -0.3 is 19.3 Å². The molecular formula is C28H28O5. The van der Waals surface area contributed by atoms with Gasteiger partial charge in [0.1, 0.15) is 12.4 Å². The summed E-state index contributed by atoms with van der Waals surface area (Å²) >= 11 is 0. The summed E-state index contributed by atoms with van der Waals surface area (Å²) in [5.74, 6) is 0.978. The van der Waals surface area contributed by atoms with Crippen LogP contribution in [0.5, 0.6) is 17.2 Å². The summed E-state index contributed by atoms with van der Waals surface area (Å²) in [5, 5.41) is 9.03. The molecule has 3 aromatic rings. The van der Waals surface area contributed by atoms with Gasteiger partial charge in [0.2, 0.25) is 0 Å². The zero-order valence-corrected chi connectivity index (χ0v) is 19.1. The molecule has 5 heteroatoms. The second-order valence-corrected chi connectivity index (χ2v) is 7.45. The lowest BCUT2D eigenvalue weighted by Crippen LogP contribution is -2.00. The van der Waals surface area contributed by atoms with Crippen LogP contribution in [-0.4, -0.2) is 25.3 Å². The van der Waals surface area contributed by atoms with Crippen molar-refractivity contribution in [2.24, 2.45) is 0 Å². The van der Waals surface area contributed by atoms with Gasteiger partial charge in [-0.05, 0) is 59.4 Å². The molecule has 0 atom stereocenters. The molecule has 5 nitrogen and oxygen atoms in total. The van der Waals surface area contributed by atoms with E-state index in [2.05, 4.69) is 6.07 Å². The first-order valence-corrected chi connectivity index (χ1v) is 10.6. The van der Waals surface area contributed by atoms with Gasteiger partial charge in [-0.15, -0.1) is 0 Å². The minimum atomic E-state index is -1.01. The van der Waals surface area contributed by atoms with Crippen LogP contribution < -0.4 is 14.2 Å². The van der Waals surface area contributed by atoms with Crippen LogP contribution in [0.15, 0.2) is 72.8 Å². The van der Waals surface area contributed by atoms with E-state index in [1.54, 1.807) is 26.4 Å². The molecule has 3 aromatic carbocycles. The third-order valence-corrected chi connectivity index (χ3v) is 5.15. The Morgan fingerprint density at radius 2 is 1.58 bits per heavy atom. The molecule has 0 saturated heterocycles. The molecule has 0 aromatic heterocycles. The molecule has 0 aliphatic rings. The lowest BCUT2D eigenvalue weighted by atomic mass is 10.0. The van der Waals surface area contributed by atoms with E-state index in [1.165, 1.54) is 0 Å². The van der Waals surface area contributed by atoms with Gasteiger partial charge in [-0.2, -0.15) is 0 Å². The quantitative estimate of drug-likeness (QED) is 0.392. The maximum Gasteiger partial charge on any atom is 0.328 e. The van der Waals surface area contributed by atoms with Crippen LogP contribution in [0.2, 0.25) is 0 Å². The number of methoxy groups -OCH3 is 2. The van der Waals surface area contributed by atoms with E-state index >= 15 is 0 Å². The van der Waals surface area contributed by atoms with Crippen LogP contribution in [0.1, 0.15) is 27.8 Å². The minimum Gasteiger partial charge on any atom is -0.493 e. The Hall–Kier alpha value is -3.99. The number of aryl methyl sites for hydroxylation is 1. The predicted octanol–water partition coefficient (Wildman–Crippen LogP) is 5.94. The molecule has 3 rings (SSSR count). The van der Waals surface area contributed by atoms with E-state index in [-0.39, 0.29) is 0 Å². The zero-order chi connectivity index (χ0) is 23.6. The molecular weight excluding hydrogens is 416 g/mol. The summed E-state index contributed by atoms with van der Waals surface area (Å²) in [4.78, 5) is 11.0. The number of benzene rings is 3. The van der Waals surface area contributed by atoms with Crippen molar-refractivity contribution in [1.29, 1.82) is 0 Å². The van der Waals surface area contributed by atoms with Gasteiger partial charge in [0.15, 0.2) is 11.5 Å². The average Bonchev–Trinajstić information content (AvgIpc) is 2.82. The molecule has 0 spiro atoms.